The summed E-state index contributed by atoms with van der Waals surface area (Å²) in [5.74, 6) is 2.78. The Labute approximate surface area is 128 Å². The molecule has 1 aliphatic heterocycles. The van der Waals surface area contributed by atoms with Crippen LogP contribution in [0.5, 0.6) is 17.2 Å². The molecule has 0 saturated carbocycles. The number of rotatable bonds is 3. The van der Waals surface area contributed by atoms with Gasteiger partial charge in [-0.1, -0.05) is 0 Å². The lowest BCUT2D eigenvalue weighted by molar-refractivity contribution is 0.101. The number of benzene rings is 1. The van der Waals surface area contributed by atoms with Crippen molar-refractivity contribution in [3.05, 3.63) is 46.6 Å². The van der Waals surface area contributed by atoms with Gasteiger partial charge in [-0.2, -0.15) is 0 Å². The van der Waals surface area contributed by atoms with Gasteiger partial charge in [0.2, 0.25) is 5.78 Å². The Morgan fingerprint density at radius 1 is 1.09 bits per heavy atom. The van der Waals surface area contributed by atoms with Crippen LogP contribution in [-0.2, 0) is 0 Å². The molecule has 0 N–H and O–H groups in total. The van der Waals surface area contributed by atoms with Crippen molar-refractivity contribution in [2.45, 2.75) is 13.8 Å². The summed E-state index contributed by atoms with van der Waals surface area (Å²) in [6, 6.07) is 5.18. The molecule has 0 atom stereocenters. The molecule has 0 amide bonds. The average molecular weight is 300 g/mol. The predicted molar refractivity (Wildman–Crippen MR) is 80.7 cm³/mol. The lowest BCUT2D eigenvalue weighted by Gasteiger charge is -2.07. The summed E-state index contributed by atoms with van der Waals surface area (Å²) < 4.78 is 21.6. The lowest BCUT2D eigenvalue weighted by atomic mass is 10.1. The van der Waals surface area contributed by atoms with Crippen LogP contribution >= 0.6 is 0 Å². The number of hydrogen-bond donors (Lipinski definition) is 0. The van der Waals surface area contributed by atoms with E-state index in [0.29, 0.717) is 28.6 Å². The molecule has 5 nitrogen and oxygen atoms in total. The molecular weight excluding hydrogens is 284 g/mol. The minimum atomic E-state index is -0.235. The molecule has 0 unspecified atom stereocenters. The molecule has 22 heavy (non-hydrogen) atoms. The molecule has 1 aromatic heterocycles. The predicted octanol–water partition coefficient (Wildman–Crippen LogP) is 3.53. The number of hydrogen-bond acceptors (Lipinski definition) is 5. The van der Waals surface area contributed by atoms with Gasteiger partial charge in [-0.05, 0) is 25.5 Å². The number of carbonyl (C=O) groups excluding carboxylic acids is 1. The van der Waals surface area contributed by atoms with Crippen LogP contribution in [0.3, 0.4) is 0 Å². The van der Waals surface area contributed by atoms with Crippen molar-refractivity contribution in [3.63, 3.8) is 0 Å². The molecule has 0 bridgehead atoms. The van der Waals surface area contributed by atoms with Gasteiger partial charge in [0.05, 0.1) is 14.2 Å². The summed E-state index contributed by atoms with van der Waals surface area (Å²) in [6.07, 6.45) is 1.59. The van der Waals surface area contributed by atoms with Crippen molar-refractivity contribution in [1.29, 1.82) is 0 Å². The molecule has 2 aromatic rings. The van der Waals surface area contributed by atoms with E-state index in [2.05, 4.69) is 0 Å². The van der Waals surface area contributed by atoms with E-state index < -0.39 is 0 Å². The number of Topliss-reactive ketones (excluding diaryl/α,β-unsaturated/α-hetero) is 1. The Bertz CT molecular complexity index is 763. The van der Waals surface area contributed by atoms with E-state index in [9.17, 15) is 4.79 Å². The second-order valence-corrected chi connectivity index (χ2v) is 5.03. The van der Waals surface area contributed by atoms with Gasteiger partial charge in [0.1, 0.15) is 34.3 Å². The van der Waals surface area contributed by atoms with E-state index in [1.165, 1.54) is 7.11 Å². The van der Waals surface area contributed by atoms with Crippen molar-refractivity contribution < 1.29 is 23.4 Å². The van der Waals surface area contributed by atoms with Gasteiger partial charge in [0.25, 0.3) is 0 Å². The van der Waals surface area contributed by atoms with Gasteiger partial charge in [0.15, 0.2) is 5.76 Å². The molecular formula is C17H16O5. The monoisotopic (exact) mass is 300 g/mol. The van der Waals surface area contributed by atoms with E-state index in [1.807, 2.05) is 19.9 Å². The fraction of sp³-hybridized carbons (Fsp3) is 0.235. The first-order chi connectivity index (χ1) is 10.5. The van der Waals surface area contributed by atoms with Crippen LogP contribution in [0.4, 0.5) is 0 Å². The van der Waals surface area contributed by atoms with Crippen molar-refractivity contribution in [2.24, 2.45) is 0 Å². The number of methoxy groups -OCH3 is 2. The zero-order valence-corrected chi connectivity index (χ0v) is 12.9. The fourth-order valence-electron chi connectivity index (χ4n) is 2.33. The van der Waals surface area contributed by atoms with E-state index >= 15 is 0 Å². The largest absolute Gasteiger partial charge is 0.496 e. The van der Waals surface area contributed by atoms with E-state index in [4.69, 9.17) is 18.6 Å². The zero-order valence-electron chi connectivity index (χ0n) is 12.9. The Hall–Kier alpha value is -2.69. The minimum Gasteiger partial charge on any atom is -0.496 e. The van der Waals surface area contributed by atoms with Crippen molar-refractivity contribution in [3.8, 4) is 17.2 Å². The van der Waals surface area contributed by atoms with Crippen LogP contribution in [0.25, 0.3) is 6.08 Å². The van der Waals surface area contributed by atoms with Crippen LogP contribution in [0, 0.1) is 13.8 Å². The van der Waals surface area contributed by atoms with Gasteiger partial charge < -0.3 is 18.6 Å². The van der Waals surface area contributed by atoms with Gasteiger partial charge in [-0.3, -0.25) is 4.79 Å². The highest BCUT2D eigenvalue weighted by Crippen LogP contribution is 2.41. The van der Waals surface area contributed by atoms with Crippen molar-refractivity contribution in [2.75, 3.05) is 14.2 Å². The first-order valence-corrected chi connectivity index (χ1v) is 6.80. The normalized spacial score (nSPS) is 14.9. The molecule has 1 aromatic carbocycles. The quantitative estimate of drug-likeness (QED) is 0.812. The highest BCUT2D eigenvalue weighted by molar-refractivity contribution is 6.16. The number of ketones is 1. The number of ether oxygens (including phenoxy) is 3. The summed E-state index contributed by atoms with van der Waals surface area (Å²) in [7, 11) is 3.05. The van der Waals surface area contributed by atoms with Crippen LogP contribution < -0.4 is 14.2 Å². The fourth-order valence-corrected chi connectivity index (χ4v) is 2.33. The molecule has 0 spiro atoms. The minimum absolute atomic E-state index is 0.204. The highest BCUT2D eigenvalue weighted by Gasteiger charge is 2.32. The molecule has 1 aliphatic rings. The zero-order chi connectivity index (χ0) is 15.9. The molecule has 2 heterocycles. The summed E-state index contributed by atoms with van der Waals surface area (Å²) >= 11 is 0. The Kier molecular flexibility index (Phi) is 3.41. The third-order valence-electron chi connectivity index (χ3n) is 3.62. The first kappa shape index (κ1) is 14.3. The topological polar surface area (TPSA) is 57.9 Å². The molecule has 0 radical (unpaired) electrons. The number of fused-ring (bicyclic) bond motifs is 1. The smallest absolute Gasteiger partial charge is 0.235 e. The van der Waals surface area contributed by atoms with Crippen LogP contribution in [0.1, 0.15) is 27.4 Å². The van der Waals surface area contributed by atoms with Gasteiger partial charge in [0, 0.05) is 18.2 Å². The van der Waals surface area contributed by atoms with Gasteiger partial charge in [-0.25, -0.2) is 0 Å². The molecule has 0 aliphatic carbocycles. The summed E-state index contributed by atoms with van der Waals surface area (Å²) in [4.78, 5) is 12.5. The second kappa shape index (κ2) is 5.26. The summed E-state index contributed by atoms with van der Waals surface area (Å²) in [5, 5.41) is 0. The molecule has 3 rings (SSSR count). The maximum atomic E-state index is 12.5. The first-order valence-electron chi connectivity index (χ1n) is 6.80. The average Bonchev–Trinajstić information content (AvgIpc) is 2.98. The molecule has 0 saturated heterocycles. The third kappa shape index (κ3) is 2.24. The molecule has 5 heteroatoms. The van der Waals surface area contributed by atoms with Gasteiger partial charge in [-0.15, -0.1) is 0 Å². The van der Waals surface area contributed by atoms with Crippen LogP contribution in [0.2, 0.25) is 0 Å². The van der Waals surface area contributed by atoms with Crippen LogP contribution in [0.15, 0.2) is 28.4 Å². The number of aryl methyl sites for hydroxylation is 2. The SMILES string of the molecule is COc1cc(OC)c2c(c1)O/C(=C\c1cc(C)c(C)o1)C2=O. The number of allylic oxidation sites excluding steroid dienone is 1. The summed E-state index contributed by atoms with van der Waals surface area (Å²) in [5.41, 5.74) is 1.42. The molecule has 114 valence electrons. The van der Waals surface area contributed by atoms with E-state index in [0.717, 1.165) is 11.3 Å². The Balaban J connectivity index is 2.03. The number of furan rings is 1. The summed E-state index contributed by atoms with van der Waals surface area (Å²) in [6.45, 7) is 3.82. The van der Waals surface area contributed by atoms with E-state index in [1.54, 1.807) is 25.3 Å². The Morgan fingerprint density at radius 2 is 1.86 bits per heavy atom. The van der Waals surface area contributed by atoms with Gasteiger partial charge >= 0.3 is 0 Å². The number of carbonyl (C=O) groups is 1. The van der Waals surface area contributed by atoms with Crippen LogP contribution in [-0.4, -0.2) is 20.0 Å². The van der Waals surface area contributed by atoms with E-state index in [-0.39, 0.29) is 11.5 Å². The highest BCUT2D eigenvalue weighted by atomic mass is 16.5. The van der Waals surface area contributed by atoms with Crippen molar-refractivity contribution in [1.82, 2.24) is 0 Å². The maximum absolute atomic E-state index is 12.5. The second-order valence-electron chi connectivity index (χ2n) is 5.03. The Morgan fingerprint density at radius 3 is 2.45 bits per heavy atom. The standard InChI is InChI=1S/C17H16O5/c1-9-5-12(21-10(9)2)8-15-17(18)16-13(20-4)6-11(19-3)7-14(16)22-15/h5-8H,1-4H3/b15-8-. The third-order valence-corrected chi connectivity index (χ3v) is 3.62. The molecule has 0 fully saturated rings. The van der Waals surface area contributed by atoms with Crippen molar-refractivity contribution >= 4 is 11.9 Å². The maximum Gasteiger partial charge on any atom is 0.235 e. The lowest BCUT2D eigenvalue weighted by Crippen LogP contribution is -2.00.